The molecule has 0 saturated heterocycles. The van der Waals surface area contributed by atoms with E-state index in [4.69, 9.17) is 33.5 Å². The highest BCUT2D eigenvalue weighted by Gasteiger charge is 2.24. The van der Waals surface area contributed by atoms with Crippen LogP contribution in [0.5, 0.6) is 0 Å². The van der Waals surface area contributed by atoms with E-state index >= 15 is 0 Å². The molecular weight excluding hydrogens is 477 g/mol. The van der Waals surface area contributed by atoms with Crippen LogP contribution in [-0.4, -0.2) is 32.4 Å². The molecule has 34 heavy (non-hydrogen) atoms. The number of benzene rings is 2. The Balaban J connectivity index is 1.56. The number of halogens is 2. The summed E-state index contributed by atoms with van der Waals surface area (Å²) in [6.07, 6.45) is 1.67. The van der Waals surface area contributed by atoms with Gasteiger partial charge >= 0.3 is 0 Å². The molecule has 0 radical (unpaired) electrons. The summed E-state index contributed by atoms with van der Waals surface area (Å²) in [7, 11) is 0. The summed E-state index contributed by atoms with van der Waals surface area (Å²) in [5.74, 6) is 0.833. The molecule has 1 amide bonds. The number of nitrogens with one attached hydrogen (secondary N) is 2. The molecule has 4 aromatic rings. The van der Waals surface area contributed by atoms with E-state index in [1.807, 2.05) is 18.2 Å². The van der Waals surface area contributed by atoms with Gasteiger partial charge in [-0.15, -0.1) is 6.58 Å². The summed E-state index contributed by atoms with van der Waals surface area (Å²) in [5, 5.41) is 15.6. The highest BCUT2D eigenvalue weighted by atomic mass is 35.5. The van der Waals surface area contributed by atoms with E-state index in [2.05, 4.69) is 32.5 Å². The molecule has 174 valence electrons. The minimum atomic E-state index is -0.289. The first-order chi connectivity index (χ1) is 16.5. The van der Waals surface area contributed by atoms with Gasteiger partial charge in [-0.2, -0.15) is 10.1 Å². The van der Waals surface area contributed by atoms with Gasteiger partial charge in [0.15, 0.2) is 5.82 Å². The molecule has 0 atom stereocenters. The monoisotopic (exact) mass is 497 g/mol. The Bertz CT molecular complexity index is 1320. The van der Waals surface area contributed by atoms with Crippen LogP contribution in [0.2, 0.25) is 10.0 Å². The summed E-state index contributed by atoms with van der Waals surface area (Å²) >= 11 is 12.1. The van der Waals surface area contributed by atoms with E-state index in [0.29, 0.717) is 33.8 Å². The summed E-state index contributed by atoms with van der Waals surface area (Å²) in [6, 6.07) is 14.3. The molecule has 0 saturated carbocycles. The van der Waals surface area contributed by atoms with Gasteiger partial charge < -0.3 is 20.9 Å². The molecule has 0 aliphatic heterocycles. The standard InChI is InChI=1S/C23H21Cl2N7O2/c1-2-11-27-22-19(23-29-21(31-34-23)14-7-9-16(24)10-8-14)20(26)32(30-22)13-18(33)28-12-15-5-3-4-6-17(15)25/h2-10H,1,11-13,26H2,(H,27,30)(H,28,33). The van der Waals surface area contributed by atoms with Crippen molar-refractivity contribution < 1.29 is 9.32 Å². The first-order valence-electron chi connectivity index (χ1n) is 10.3. The second kappa shape index (κ2) is 10.4. The Morgan fingerprint density at radius 1 is 1.18 bits per heavy atom. The number of aromatic nitrogens is 4. The van der Waals surface area contributed by atoms with Crippen LogP contribution >= 0.6 is 23.2 Å². The van der Waals surface area contributed by atoms with Crippen molar-refractivity contribution in [2.45, 2.75) is 13.1 Å². The molecule has 0 spiro atoms. The van der Waals surface area contributed by atoms with Crippen molar-refractivity contribution in [2.75, 3.05) is 17.6 Å². The Hall–Kier alpha value is -3.82. The zero-order valence-electron chi connectivity index (χ0n) is 18.0. The lowest BCUT2D eigenvalue weighted by Crippen LogP contribution is -2.28. The number of nitrogen functional groups attached to an aromatic ring is 1. The predicted molar refractivity (Wildman–Crippen MR) is 132 cm³/mol. The van der Waals surface area contributed by atoms with Crippen molar-refractivity contribution in [1.29, 1.82) is 0 Å². The van der Waals surface area contributed by atoms with E-state index in [1.54, 1.807) is 36.4 Å². The van der Waals surface area contributed by atoms with Crippen molar-refractivity contribution in [3.8, 4) is 22.8 Å². The minimum Gasteiger partial charge on any atom is -0.383 e. The lowest BCUT2D eigenvalue weighted by molar-refractivity contribution is -0.121. The Labute approximate surface area is 205 Å². The largest absolute Gasteiger partial charge is 0.383 e. The molecule has 0 bridgehead atoms. The summed E-state index contributed by atoms with van der Waals surface area (Å²) < 4.78 is 6.84. The molecule has 11 heteroatoms. The van der Waals surface area contributed by atoms with Gasteiger partial charge in [-0.1, -0.05) is 52.6 Å². The third-order valence-electron chi connectivity index (χ3n) is 4.88. The summed E-state index contributed by atoms with van der Waals surface area (Å²) in [6.45, 7) is 4.28. The molecule has 2 aromatic heterocycles. The van der Waals surface area contributed by atoms with Crippen molar-refractivity contribution in [3.05, 3.63) is 76.8 Å². The topological polar surface area (TPSA) is 124 Å². The lowest BCUT2D eigenvalue weighted by atomic mass is 10.2. The van der Waals surface area contributed by atoms with Crippen LogP contribution in [0, 0.1) is 0 Å². The van der Waals surface area contributed by atoms with Gasteiger partial charge in [0.05, 0.1) is 0 Å². The quantitative estimate of drug-likeness (QED) is 0.292. The van der Waals surface area contributed by atoms with Crippen LogP contribution in [0.15, 0.2) is 65.7 Å². The fraction of sp³-hybridized carbons (Fsp3) is 0.130. The second-order valence-electron chi connectivity index (χ2n) is 7.23. The van der Waals surface area contributed by atoms with Gasteiger partial charge in [0.1, 0.15) is 17.9 Å². The van der Waals surface area contributed by atoms with Crippen LogP contribution < -0.4 is 16.4 Å². The zero-order valence-corrected chi connectivity index (χ0v) is 19.5. The number of carbonyl (C=O) groups is 1. The first kappa shape index (κ1) is 23.3. The van der Waals surface area contributed by atoms with Crippen molar-refractivity contribution in [3.63, 3.8) is 0 Å². The fourth-order valence-electron chi connectivity index (χ4n) is 3.17. The maximum absolute atomic E-state index is 12.6. The highest BCUT2D eigenvalue weighted by molar-refractivity contribution is 6.31. The number of nitrogens with zero attached hydrogens (tertiary/aromatic N) is 4. The van der Waals surface area contributed by atoms with Crippen LogP contribution in [-0.2, 0) is 17.9 Å². The van der Waals surface area contributed by atoms with Crippen LogP contribution in [0.4, 0.5) is 11.6 Å². The smallest absolute Gasteiger partial charge is 0.265 e. The van der Waals surface area contributed by atoms with Gasteiger partial charge in [-0.25, -0.2) is 4.68 Å². The minimum absolute atomic E-state index is 0.114. The van der Waals surface area contributed by atoms with Crippen molar-refractivity contribution in [1.82, 2.24) is 25.2 Å². The average molecular weight is 498 g/mol. The molecule has 2 heterocycles. The average Bonchev–Trinajstić information content (AvgIpc) is 3.42. The molecule has 4 rings (SSSR count). The fourth-order valence-corrected chi connectivity index (χ4v) is 3.50. The SMILES string of the molecule is C=CCNc1nn(CC(=O)NCc2ccccc2Cl)c(N)c1-c1nc(-c2ccc(Cl)cc2)no1. The molecule has 0 fully saturated rings. The predicted octanol–water partition coefficient (Wildman–Crippen LogP) is 4.40. The van der Waals surface area contributed by atoms with Crippen LogP contribution in [0.25, 0.3) is 22.8 Å². The third-order valence-corrected chi connectivity index (χ3v) is 5.50. The molecule has 2 aromatic carbocycles. The summed E-state index contributed by atoms with van der Waals surface area (Å²) in [5.41, 5.74) is 8.27. The highest BCUT2D eigenvalue weighted by Crippen LogP contribution is 2.33. The number of nitrogens with two attached hydrogens (primary N) is 1. The zero-order chi connectivity index (χ0) is 24.1. The maximum atomic E-state index is 12.6. The van der Waals surface area contributed by atoms with Gasteiger partial charge in [0.2, 0.25) is 11.7 Å². The lowest BCUT2D eigenvalue weighted by Gasteiger charge is -2.08. The number of rotatable bonds is 9. The number of hydrogen-bond acceptors (Lipinski definition) is 7. The Morgan fingerprint density at radius 3 is 2.68 bits per heavy atom. The van der Waals surface area contributed by atoms with Crippen LogP contribution in [0.1, 0.15) is 5.56 Å². The van der Waals surface area contributed by atoms with Crippen LogP contribution in [0.3, 0.4) is 0 Å². The molecule has 0 aliphatic carbocycles. The van der Waals surface area contributed by atoms with Gasteiger partial charge in [-0.3, -0.25) is 4.79 Å². The molecule has 4 N–H and O–H groups in total. The molecule has 9 nitrogen and oxygen atoms in total. The third kappa shape index (κ3) is 5.22. The van der Waals surface area contributed by atoms with E-state index in [-0.39, 0.29) is 30.7 Å². The first-order valence-corrected chi connectivity index (χ1v) is 11.0. The van der Waals surface area contributed by atoms with E-state index in [1.165, 1.54) is 4.68 Å². The Kier molecular flexibility index (Phi) is 7.15. The molecule has 0 aliphatic rings. The normalized spacial score (nSPS) is 10.8. The van der Waals surface area contributed by atoms with Gasteiger partial charge in [-0.05, 0) is 35.9 Å². The number of hydrogen-bond donors (Lipinski definition) is 3. The molecule has 0 unspecified atom stereocenters. The van der Waals surface area contributed by atoms with E-state index < -0.39 is 0 Å². The molecular formula is C23H21Cl2N7O2. The Morgan fingerprint density at radius 2 is 1.94 bits per heavy atom. The maximum Gasteiger partial charge on any atom is 0.265 e. The van der Waals surface area contributed by atoms with Crippen molar-refractivity contribution in [2.24, 2.45) is 0 Å². The van der Waals surface area contributed by atoms with E-state index in [0.717, 1.165) is 11.1 Å². The summed E-state index contributed by atoms with van der Waals surface area (Å²) in [4.78, 5) is 17.0. The second-order valence-corrected chi connectivity index (χ2v) is 8.08. The number of carbonyl (C=O) groups excluding carboxylic acids is 1. The van der Waals surface area contributed by atoms with Gasteiger partial charge in [0, 0.05) is 28.7 Å². The van der Waals surface area contributed by atoms with E-state index in [9.17, 15) is 4.79 Å². The van der Waals surface area contributed by atoms with Gasteiger partial charge in [0.25, 0.3) is 5.89 Å². The van der Waals surface area contributed by atoms with Crippen molar-refractivity contribution >= 4 is 40.7 Å². The number of amides is 1. The number of anilines is 2.